The number of fused-ring (bicyclic) bond motifs is 1. The fourth-order valence-electron chi connectivity index (χ4n) is 3.66. The Morgan fingerprint density at radius 3 is 2.50 bits per heavy atom. The smallest absolute Gasteiger partial charge is 0.255 e. The van der Waals surface area contributed by atoms with Gasteiger partial charge in [0.15, 0.2) is 0 Å². The molecular weight excluding hydrogens is 320 g/mol. The van der Waals surface area contributed by atoms with Gasteiger partial charge in [-0.3, -0.25) is 9.78 Å². The minimum Gasteiger partial charge on any atom is -0.330 e. The summed E-state index contributed by atoms with van der Waals surface area (Å²) in [6.07, 6.45) is 4.68. The molecule has 0 spiro atoms. The normalized spacial score (nSPS) is 13.2. The Hall–Kier alpha value is -2.94. The van der Waals surface area contributed by atoms with Crippen LogP contribution < -0.4 is 0 Å². The zero-order valence-electron chi connectivity index (χ0n) is 15.2. The zero-order valence-corrected chi connectivity index (χ0v) is 15.2. The molecule has 0 saturated heterocycles. The molecule has 0 saturated carbocycles. The molecule has 0 N–H and O–H groups in total. The van der Waals surface area contributed by atoms with Crippen LogP contribution >= 0.6 is 0 Å². The van der Waals surface area contributed by atoms with E-state index in [9.17, 15) is 4.79 Å². The molecule has 2 aromatic carbocycles. The van der Waals surface area contributed by atoms with Crippen LogP contribution in [0.3, 0.4) is 0 Å². The van der Waals surface area contributed by atoms with Gasteiger partial charge in [0.2, 0.25) is 0 Å². The van der Waals surface area contributed by atoms with Crippen LogP contribution in [-0.4, -0.2) is 15.8 Å². The second-order valence-corrected chi connectivity index (χ2v) is 6.90. The lowest BCUT2D eigenvalue weighted by Crippen LogP contribution is -2.23. The van der Waals surface area contributed by atoms with Gasteiger partial charge in [-0.15, -0.1) is 0 Å². The first-order valence-electron chi connectivity index (χ1n) is 9.06. The maximum absolute atomic E-state index is 12.9. The average Bonchev–Trinajstić information content (AvgIpc) is 2.99. The molecule has 4 rings (SSSR count). The second kappa shape index (κ2) is 6.75. The fraction of sp³-hybridized carbons (Fsp3) is 0.217. The largest absolute Gasteiger partial charge is 0.330 e. The Kier molecular flexibility index (Phi) is 4.29. The molecule has 130 valence electrons. The molecular formula is C23H22N2O. The number of amides is 1. The van der Waals surface area contributed by atoms with E-state index in [1.54, 1.807) is 6.20 Å². The van der Waals surface area contributed by atoms with Crippen molar-refractivity contribution in [3.63, 3.8) is 0 Å². The van der Waals surface area contributed by atoms with Crippen molar-refractivity contribution in [1.82, 2.24) is 9.88 Å². The van der Waals surface area contributed by atoms with E-state index in [0.29, 0.717) is 13.1 Å². The molecule has 2 heterocycles. The van der Waals surface area contributed by atoms with Gasteiger partial charge >= 0.3 is 0 Å². The van der Waals surface area contributed by atoms with E-state index >= 15 is 0 Å². The molecule has 0 aliphatic carbocycles. The Bertz CT molecular complexity index is 946. The summed E-state index contributed by atoms with van der Waals surface area (Å²) < 4.78 is 0. The highest BCUT2D eigenvalue weighted by atomic mass is 16.2. The molecule has 1 amide bonds. The van der Waals surface area contributed by atoms with Gasteiger partial charge in [0, 0.05) is 36.6 Å². The highest BCUT2D eigenvalue weighted by molar-refractivity contribution is 6.00. The van der Waals surface area contributed by atoms with E-state index in [-0.39, 0.29) is 5.91 Å². The van der Waals surface area contributed by atoms with Crippen LogP contribution in [0.5, 0.6) is 0 Å². The lowest BCUT2D eigenvalue weighted by atomic mass is 9.97. The van der Waals surface area contributed by atoms with Crippen molar-refractivity contribution >= 4 is 5.91 Å². The molecule has 3 heteroatoms. The first kappa shape index (κ1) is 16.5. The van der Waals surface area contributed by atoms with Gasteiger partial charge in [-0.25, -0.2) is 0 Å². The summed E-state index contributed by atoms with van der Waals surface area (Å²) in [5.74, 6) is 0.134. The van der Waals surface area contributed by atoms with Crippen LogP contribution in [-0.2, 0) is 19.5 Å². The number of carbonyl (C=O) groups is 1. The molecule has 1 aliphatic rings. The summed E-state index contributed by atoms with van der Waals surface area (Å²) in [6.45, 7) is 5.49. The predicted molar refractivity (Wildman–Crippen MR) is 104 cm³/mol. The lowest BCUT2D eigenvalue weighted by Gasteiger charge is -2.16. The topological polar surface area (TPSA) is 33.2 Å². The first-order chi connectivity index (χ1) is 12.7. The number of aryl methyl sites for hydroxylation is 2. The van der Waals surface area contributed by atoms with Crippen molar-refractivity contribution < 1.29 is 4.79 Å². The number of hydrogen-bond acceptors (Lipinski definition) is 2. The number of benzene rings is 2. The van der Waals surface area contributed by atoms with Crippen molar-refractivity contribution in [2.24, 2.45) is 0 Å². The minimum absolute atomic E-state index is 0.134. The van der Waals surface area contributed by atoms with Gasteiger partial charge in [-0.05, 0) is 53.3 Å². The van der Waals surface area contributed by atoms with Crippen LogP contribution in [0.25, 0.3) is 11.1 Å². The predicted octanol–water partition coefficient (Wildman–Crippen LogP) is 4.78. The summed E-state index contributed by atoms with van der Waals surface area (Å²) >= 11 is 0. The molecule has 26 heavy (non-hydrogen) atoms. The van der Waals surface area contributed by atoms with Gasteiger partial charge < -0.3 is 4.90 Å². The van der Waals surface area contributed by atoms with Gasteiger partial charge in [0.05, 0.1) is 0 Å². The molecule has 1 aromatic heterocycles. The number of nitrogens with zero attached hydrogens (tertiary/aromatic N) is 2. The summed E-state index contributed by atoms with van der Waals surface area (Å²) in [7, 11) is 0. The SMILES string of the molecule is CCc1ccc(CN2Cc3cc(-c4cccnc4)cc(C)c3C2=O)cc1. The number of rotatable bonds is 4. The standard InChI is InChI=1S/C23H22N2O/c1-3-17-6-8-18(9-7-17)14-25-15-21-12-20(19-5-4-10-24-13-19)11-16(2)22(21)23(25)26/h4-13H,3,14-15H2,1-2H3. The van der Waals surface area contributed by atoms with Crippen LogP contribution in [0.2, 0.25) is 0 Å². The van der Waals surface area contributed by atoms with Crippen LogP contribution in [0.1, 0.15) is 39.5 Å². The van der Waals surface area contributed by atoms with Crippen molar-refractivity contribution in [3.8, 4) is 11.1 Å². The fourth-order valence-corrected chi connectivity index (χ4v) is 3.66. The maximum atomic E-state index is 12.9. The van der Waals surface area contributed by atoms with E-state index < -0.39 is 0 Å². The van der Waals surface area contributed by atoms with E-state index in [4.69, 9.17) is 0 Å². The number of carbonyl (C=O) groups excluding carboxylic acids is 1. The summed E-state index contributed by atoms with van der Waals surface area (Å²) in [5.41, 5.74) is 7.71. The summed E-state index contributed by atoms with van der Waals surface area (Å²) in [4.78, 5) is 19.0. The van der Waals surface area contributed by atoms with Gasteiger partial charge in [-0.2, -0.15) is 0 Å². The third kappa shape index (κ3) is 3.01. The van der Waals surface area contributed by atoms with Crippen molar-refractivity contribution in [2.45, 2.75) is 33.4 Å². The van der Waals surface area contributed by atoms with Gasteiger partial charge in [0.25, 0.3) is 5.91 Å². The zero-order chi connectivity index (χ0) is 18.1. The third-order valence-electron chi connectivity index (χ3n) is 5.08. The van der Waals surface area contributed by atoms with Crippen molar-refractivity contribution in [2.75, 3.05) is 0 Å². The Morgan fingerprint density at radius 2 is 1.81 bits per heavy atom. The highest BCUT2D eigenvalue weighted by Crippen LogP contribution is 2.32. The number of pyridine rings is 1. The third-order valence-corrected chi connectivity index (χ3v) is 5.08. The van der Waals surface area contributed by atoms with Crippen molar-refractivity contribution in [1.29, 1.82) is 0 Å². The van der Waals surface area contributed by atoms with E-state index in [0.717, 1.165) is 34.2 Å². The van der Waals surface area contributed by atoms with Gasteiger partial charge in [0.1, 0.15) is 0 Å². The molecule has 0 bridgehead atoms. The second-order valence-electron chi connectivity index (χ2n) is 6.90. The first-order valence-corrected chi connectivity index (χ1v) is 9.06. The van der Waals surface area contributed by atoms with Gasteiger partial charge in [-0.1, -0.05) is 43.3 Å². The van der Waals surface area contributed by atoms with E-state index in [2.05, 4.69) is 54.4 Å². The molecule has 3 nitrogen and oxygen atoms in total. The highest BCUT2D eigenvalue weighted by Gasteiger charge is 2.29. The molecule has 0 unspecified atom stereocenters. The van der Waals surface area contributed by atoms with E-state index in [1.165, 1.54) is 11.1 Å². The monoisotopic (exact) mass is 342 g/mol. The van der Waals surface area contributed by atoms with Crippen LogP contribution in [0.4, 0.5) is 0 Å². The summed E-state index contributed by atoms with van der Waals surface area (Å²) in [5, 5.41) is 0. The molecule has 0 radical (unpaired) electrons. The summed E-state index contributed by atoms with van der Waals surface area (Å²) in [6, 6.07) is 16.8. The average molecular weight is 342 g/mol. The molecule has 3 aromatic rings. The number of aromatic nitrogens is 1. The molecule has 0 fully saturated rings. The van der Waals surface area contributed by atoms with Crippen LogP contribution in [0.15, 0.2) is 60.9 Å². The molecule has 0 atom stereocenters. The van der Waals surface area contributed by atoms with E-state index in [1.807, 2.05) is 24.1 Å². The Morgan fingerprint density at radius 1 is 1.04 bits per heavy atom. The lowest BCUT2D eigenvalue weighted by molar-refractivity contribution is 0.0766. The Labute approximate surface area is 154 Å². The molecule has 1 aliphatic heterocycles. The quantitative estimate of drug-likeness (QED) is 0.684. The number of hydrogen-bond donors (Lipinski definition) is 0. The minimum atomic E-state index is 0.134. The van der Waals surface area contributed by atoms with Crippen LogP contribution in [0, 0.1) is 6.92 Å². The van der Waals surface area contributed by atoms with Crippen molar-refractivity contribution in [3.05, 3.63) is 88.7 Å². The maximum Gasteiger partial charge on any atom is 0.255 e. The Balaban J connectivity index is 1.61.